The molecule has 0 aromatic carbocycles. The molecule has 2 rings (SSSR count). The maximum absolute atomic E-state index is 12.3. The molecule has 0 aliphatic carbocycles. The van der Waals surface area contributed by atoms with Gasteiger partial charge >= 0.3 is 0 Å². The van der Waals surface area contributed by atoms with Crippen LogP contribution in [0.2, 0.25) is 0 Å². The average molecular weight is 265 g/mol. The number of furan rings is 1. The quantitative estimate of drug-likeness (QED) is 0.871. The van der Waals surface area contributed by atoms with Crippen LogP contribution in [0, 0.1) is 0 Å². The van der Waals surface area contributed by atoms with Gasteiger partial charge in [-0.2, -0.15) is 0 Å². The first-order valence-electron chi connectivity index (χ1n) is 7.00. The third-order valence-corrected chi connectivity index (χ3v) is 3.88. The summed E-state index contributed by atoms with van der Waals surface area (Å²) in [6.07, 6.45) is 2.56. The summed E-state index contributed by atoms with van der Waals surface area (Å²) in [4.78, 5) is 16.6. The van der Waals surface area contributed by atoms with Gasteiger partial charge in [0.25, 0.3) is 5.91 Å². The molecule has 0 spiro atoms. The highest BCUT2D eigenvalue weighted by Gasteiger charge is 2.30. The van der Waals surface area contributed by atoms with Crippen LogP contribution in [0.5, 0.6) is 0 Å². The van der Waals surface area contributed by atoms with E-state index in [4.69, 9.17) is 10.2 Å². The molecule has 1 amide bonds. The van der Waals surface area contributed by atoms with E-state index in [1.54, 1.807) is 6.07 Å². The number of nitrogens with zero attached hydrogens (tertiary/aromatic N) is 2. The van der Waals surface area contributed by atoms with Crippen molar-refractivity contribution in [1.82, 2.24) is 9.80 Å². The number of nitrogens with two attached hydrogens (primary N) is 1. The molecule has 1 unspecified atom stereocenters. The van der Waals surface area contributed by atoms with E-state index in [1.165, 1.54) is 6.26 Å². The molecule has 1 aromatic heterocycles. The van der Waals surface area contributed by atoms with Crippen molar-refractivity contribution in [3.8, 4) is 0 Å². The first-order valence-corrected chi connectivity index (χ1v) is 7.00. The zero-order valence-electron chi connectivity index (χ0n) is 11.8. The average Bonchev–Trinajstić information content (AvgIpc) is 3.08. The van der Waals surface area contributed by atoms with E-state index in [0.29, 0.717) is 23.9 Å². The molecule has 1 aliphatic heterocycles. The van der Waals surface area contributed by atoms with Crippen LogP contribution in [-0.4, -0.2) is 47.9 Å². The summed E-state index contributed by atoms with van der Waals surface area (Å²) in [5.74, 6) is 0.709. The summed E-state index contributed by atoms with van der Waals surface area (Å²) < 4.78 is 5.23. The minimum absolute atomic E-state index is 0.0538. The number of likely N-dealkylation sites (tertiary alicyclic amines) is 1. The molecule has 2 heterocycles. The normalized spacial score (nSPS) is 19.4. The van der Waals surface area contributed by atoms with E-state index in [0.717, 1.165) is 32.6 Å². The van der Waals surface area contributed by atoms with Crippen molar-refractivity contribution < 1.29 is 9.21 Å². The molecule has 5 heteroatoms. The molecular weight excluding hydrogens is 242 g/mol. The van der Waals surface area contributed by atoms with Crippen LogP contribution in [0.25, 0.3) is 0 Å². The summed E-state index contributed by atoms with van der Waals surface area (Å²) in [5, 5.41) is 0. The molecule has 1 atom stereocenters. The zero-order valence-corrected chi connectivity index (χ0v) is 11.8. The molecule has 5 nitrogen and oxygen atoms in total. The lowest BCUT2D eigenvalue weighted by atomic mass is 10.2. The standard InChI is InChI=1S/C14H23N3O2/c1-3-16(4-2)12-5-6-17(9-12)14(18)11-7-13(8-15)19-10-11/h7,10,12H,3-6,8-9,15H2,1-2H3. The molecule has 0 bridgehead atoms. The van der Waals surface area contributed by atoms with Crippen LogP contribution < -0.4 is 5.73 Å². The van der Waals surface area contributed by atoms with Gasteiger partial charge in [0.05, 0.1) is 12.1 Å². The monoisotopic (exact) mass is 265 g/mol. The molecule has 1 fully saturated rings. The van der Waals surface area contributed by atoms with E-state index >= 15 is 0 Å². The van der Waals surface area contributed by atoms with Gasteiger partial charge in [-0.1, -0.05) is 13.8 Å². The second-order valence-corrected chi connectivity index (χ2v) is 4.92. The van der Waals surface area contributed by atoms with Crippen molar-refractivity contribution in [3.63, 3.8) is 0 Å². The summed E-state index contributed by atoms with van der Waals surface area (Å²) >= 11 is 0. The lowest BCUT2D eigenvalue weighted by Crippen LogP contribution is -2.38. The molecular formula is C14H23N3O2. The van der Waals surface area contributed by atoms with E-state index in [1.807, 2.05) is 4.90 Å². The third-order valence-electron chi connectivity index (χ3n) is 3.88. The van der Waals surface area contributed by atoms with Crippen LogP contribution >= 0.6 is 0 Å². The van der Waals surface area contributed by atoms with Gasteiger partial charge < -0.3 is 15.1 Å². The topological polar surface area (TPSA) is 62.7 Å². The van der Waals surface area contributed by atoms with Gasteiger partial charge in [0.15, 0.2) is 0 Å². The minimum Gasteiger partial charge on any atom is -0.467 e. The number of rotatable bonds is 5. The van der Waals surface area contributed by atoms with E-state index < -0.39 is 0 Å². The number of likely N-dealkylation sites (N-methyl/N-ethyl adjacent to an activating group) is 1. The van der Waals surface area contributed by atoms with Gasteiger partial charge in [-0.05, 0) is 25.6 Å². The Morgan fingerprint density at radius 1 is 1.53 bits per heavy atom. The van der Waals surface area contributed by atoms with Crippen molar-refractivity contribution in [2.24, 2.45) is 5.73 Å². The zero-order chi connectivity index (χ0) is 13.8. The molecule has 106 valence electrons. The fraction of sp³-hybridized carbons (Fsp3) is 0.643. The third kappa shape index (κ3) is 2.98. The van der Waals surface area contributed by atoms with Gasteiger partial charge in [-0.3, -0.25) is 9.69 Å². The fourth-order valence-electron chi connectivity index (χ4n) is 2.75. The molecule has 2 N–H and O–H groups in total. The Morgan fingerprint density at radius 2 is 2.26 bits per heavy atom. The highest BCUT2D eigenvalue weighted by Crippen LogP contribution is 2.19. The Bertz CT molecular complexity index is 426. The van der Waals surface area contributed by atoms with Crippen LogP contribution in [0.15, 0.2) is 16.7 Å². The van der Waals surface area contributed by atoms with Crippen LogP contribution in [0.3, 0.4) is 0 Å². The van der Waals surface area contributed by atoms with Crippen LogP contribution in [0.1, 0.15) is 36.4 Å². The second kappa shape index (κ2) is 6.21. The Morgan fingerprint density at radius 3 is 2.84 bits per heavy atom. The fourth-order valence-corrected chi connectivity index (χ4v) is 2.75. The minimum atomic E-state index is 0.0538. The Balaban J connectivity index is 1.98. The molecule has 0 radical (unpaired) electrons. The second-order valence-electron chi connectivity index (χ2n) is 4.92. The lowest BCUT2D eigenvalue weighted by molar-refractivity contribution is 0.0777. The van der Waals surface area contributed by atoms with Gasteiger partial charge in [-0.15, -0.1) is 0 Å². The predicted octanol–water partition coefficient (Wildman–Crippen LogP) is 1.29. The summed E-state index contributed by atoms with van der Waals surface area (Å²) in [7, 11) is 0. The van der Waals surface area contributed by atoms with Gasteiger partial charge in [0.1, 0.15) is 12.0 Å². The van der Waals surface area contributed by atoms with Gasteiger partial charge in [0.2, 0.25) is 0 Å². The van der Waals surface area contributed by atoms with Crippen molar-refractivity contribution in [2.45, 2.75) is 32.9 Å². The number of hydrogen-bond donors (Lipinski definition) is 1. The highest BCUT2D eigenvalue weighted by atomic mass is 16.3. The van der Waals surface area contributed by atoms with Crippen molar-refractivity contribution in [3.05, 3.63) is 23.7 Å². The van der Waals surface area contributed by atoms with Crippen molar-refractivity contribution >= 4 is 5.91 Å². The Hall–Kier alpha value is -1.33. The first kappa shape index (κ1) is 14.1. The SMILES string of the molecule is CCN(CC)C1CCN(C(=O)c2coc(CN)c2)C1. The van der Waals surface area contributed by atoms with E-state index in [-0.39, 0.29) is 5.91 Å². The van der Waals surface area contributed by atoms with Crippen LogP contribution in [0.4, 0.5) is 0 Å². The largest absolute Gasteiger partial charge is 0.467 e. The number of hydrogen-bond acceptors (Lipinski definition) is 4. The Kier molecular flexibility index (Phi) is 4.61. The Labute approximate surface area is 114 Å². The number of amides is 1. The van der Waals surface area contributed by atoms with Crippen LogP contribution in [-0.2, 0) is 6.54 Å². The van der Waals surface area contributed by atoms with Gasteiger partial charge in [0, 0.05) is 19.1 Å². The summed E-state index contributed by atoms with van der Waals surface area (Å²) in [6, 6.07) is 2.23. The molecule has 1 saturated heterocycles. The molecule has 0 saturated carbocycles. The molecule has 1 aromatic rings. The van der Waals surface area contributed by atoms with Crippen molar-refractivity contribution in [1.29, 1.82) is 0 Å². The maximum atomic E-state index is 12.3. The number of carbonyl (C=O) groups excluding carboxylic acids is 1. The predicted molar refractivity (Wildman–Crippen MR) is 73.8 cm³/mol. The maximum Gasteiger partial charge on any atom is 0.257 e. The smallest absolute Gasteiger partial charge is 0.257 e. The summed E-state index contributed by atoms with van der Waals surface area (Å²) in [5.41, 5.74) is 6.10. The molecule has 1 aliphatic rings. The first-order chi connectivity index (χ1) is 9.19. The number of carbonyl (C=O) groups is 1. The summed E-state index contributed by atoms with van der Waals surface area (Å²) in [6.45, 7) is 8.36. The molecule has 19 heavy (non-hydrogen) atoms. The van der Waals surface area contributed by atoms with E-state index in [9.17, 15) is 4.79 Å². The van der Waals surface area contributed by atoms with E-state index in [2.05, 4.69) is 18.7 Å². The van der Waals surface area contributed by atoms with Gasteiger partial charge in [-0.25, -0.2) is 0 Å². The highest BCUT2D eigenvalue weighted by molar-refractivity contribution is 5.94. The van der Waals surface area contributed by atoms with Crippen molar-refractivity contribution in [2.75, 3.05) is 26.2 Å². The lowest BCUT2D eigenvalue weighted by Gasteiger charge is -2.26.